The van der Waals surface area contributed by atoms with Crippen LogP contribution in [-0.2, 0) is 0 Å². The number of nitroso groups, excluding NO2 is 1. The highest BCUT2D eigenvalue weighted by atomic mass is 35.5. The molecule has 0 aromatic heterocycles. The molecule has 7 heteroatoms. The molecule has 0 heterocycles. The Morgan fingerprint density at radius 1 is 1.16 bits per heavy atom. The summed E-state index contributed by atoms with van der Waals surface area (Å²) in [6.07, 6.45) is 4.11. The van der Waals surface area contributed by atoms with Crippen LogP contribution in [0.3, 0.4) is 0 Å². The minimum atomic E-state index is -0.379. The van der Waals surface area contributed by atoms with Gasteiger partial charge in [0.2, 0.25) is 0 Å². The lowest BCUT2D eigenvalue weighted by molar-refractivity contribution is 0.119. The van der Waals surface area contributed by atoms with Crippen LogP contribution in [0, 0.1) is 10.8 Å². The van der Waals surface area contributed by atoms with Crippen LogP contribution in [0.15, 0.2) is 5.29 Å². The molecular weight excluding hydrogens is 289 g/mol. The number of urea groups is 1. The highest BCUT2D eigenvalue weighted by Crippen LogP contribution is 2.27. The minimum absolute atomic E-state index is 0.131. The molecule has 1 aliphatic carbocycles. The lowest BCUT2D eigenvalue weighted by Crippen LogP contribution is -2.48. The maximum absolute atomic E-state index is 12.3. The van der Waals surface area contributed by atoms with Crippen LogP contribution < -0.4 is 0 Å². The van der Waals surface area contributed by atoms with Crippen molar-refractivity contribution in [2.24, 2.45) is 11.2 Å². The standard InChI is InChI=1S/C12H21Cl2N3O2/c1-10-2-4-11(5-3-10)16(8-6-13)12(18)17(15-19)9-7-14/h10-11H,2-9H2,1H3. The van der Waals surface area contributed by atoms with E-state index in [1.165, 1.54) is 0 Å². The van der Waals surface area contributed by atoms with Gasteiger partial charge in [0.05, 0.1) is 11.8 Å². The number of carbonyl (C=O) groups is 1. The van der Waals surface area contributed by atoms with Crippen molar-refractivity contribution < 1.29 is 4.79 Å². The number of hydrogen-bond acceptors (Lipinski definition) is 3. The smallest absolute Gasteiger partial charge is 0.319 e. The maximum Gasteiger partial charge on any atom is 0.343 e. The van der Waals surface area contributed by atoms with Gasteiger partial charge < -0.3 is 4.90 Å². The van der Waals surface area contributed by atoms with E-state index in [0.29, 0.717) is 18.3 Å². The van der Waals surface area contributed by atoms with Crippen LogP contribution in [0.25, 0.3) is 0 Å². The Balaban J connectivity index is 2.69. The van der Waals surface area contributed by atoms with Crippen LogP contribution in [0.1, 0.15) is 32.6 Å². The minimum Gasteiger partial charge on any atom is -0.319 e. The SMILES string of the molecule is CC1CCC(N(CCCl)C(=O)N(CCCl)N=O)CC1. The van der Waals surface area contributed by atoms with Gasteiger partial charge in [0, 0.05) is 24.3 Å². The quantitative estimate of drug-likeness (QED) is 0.428. The lowest BCUT2D eigenvalue weighted by Gasteiger charge is -2.36. The fourth-order valence-corrected chi connectivity index (χ4v) is 2.82. The van der Waals surface area contributed by atoms with E-state index in [9.17, 15) is 9.70 Å². The molecule has 0 atom stereocenters. The zero-order chi connectivity index (χ0) is 14.3. The summed E-state index contributed by atoms with van der Waals surface area (Å²) < 4.78 is 0. The molecule has 1 saturated carbocycles. The molecule has 19 heavy (non-hydrogen) atoms. The molecule has 1 aliphatic rings. The van der Waals surface area contributed by atoms with Gasteiger partial charge in [0.1, 0.15) is 0 Å². The summed E-state index contributed by atoms with van der Waals surface area (Å²) >= 11 is 11.3. The normalized spacial score (nSPS) is 22.9. The van der Waals surface area contributed by atoms with E-state index in [2.05, 4.69) is 12.2 Å². The Hall–Kier alpha value is -0.550. The summed E-state index contributed by atoms with van der Waals surface area (Å²) in [6, 6.07) is -0.224. The average Bonchev–Trinajstić information content (AvgIpc) is 2.42. The van der Waals surface area contributed by atoms with Gasteiger partial charge in [-0.15, -0.1) is 28.1 Å². The molecule has 0 bridgehead atoms. The van der Waals surface area contributed by atoms with Crippen molar-refractivity contribution in [1.29, 1.82) is 0 Å². The third-order valence-electron chi connectivity index (χ3n) is 3.61. The Bertz CT molecular complexity index is 297. The summed E-state index contributed by atoms with van der Waals surface area (Å²) in [4.78, 5) is 24.7. The Morgan fingerprint density at radius 3 is 2.21 bits per heavy atom. The van der Waals surface area contributed by atoms with Crippen molar-refractivity contribution in [3.63, 3.8) is 0 Å². The highest BCUT2D eigenvalue weighted by Gasteiger charge is 2.30. The van der Waals surface area contributed by atoms with Crippen LogP contribution in [0.5, 0.6) is 0 Å². The first-order valence-electron chi connectivity index (χ1n) is 6.67. The predicted molar refractivity (Wildman–Crippen MR) is 77.5 cm³/mol. The summed E-state index contributed by atoms with van der Waals surface area (Å²) in [6.45, 7) is 2.79. The molecule has 110 valence electrons. The third kappa shape index (κ3) is 4.80. The Morgan fingerprint density at radius 2 is 1.74 bits per heavy atom. The molecule has 5 nitrogen and oxygen atoms in total. The third-order valence-corrected chi connectivity index (χ3v) is 3.95. The molecule has 0 unspecified atom stereocenters. The molecular formula is C12H21Cl2N3O2. The molecule has 0 aliphatic heterocycles. The number of hydrogen-bond donors (Lipinski definition) is 0. The van der Waals surface area contributed by atoms with Gasteiger partial charge in [0.25, 0.3) is 0 Å². The molecule has 1 fully saturated rings. The second-order valence-electron chi connectivity index (χ2n) is 4.97. The summed E-state index contributed by atoms with van der Waals surface area (Å²) in [5.41, 5.74) is 0. The zero-order valence-corrected chi connectivity index (χ0v) is 12.7. The largest absolute Gasteiger partial charge is 0.343 e. The molecule has 1 rings (SSSR count). The van der Waals surface area contributed by atoms with Crippen LogP contribution in [0.2, 0.25) is 0 Å². The molecule has 0 saturated heterocycles. The van der Waals surface area contributed by atoms with Crippen molar-refractivity contribution in [2.45, 2.75) is 38.6 Å². The monoisotopic (exact) mass is 309 g/mol. The first kappa shape index (κ1) is 16.5. The molecule has 2 amide bonds. The second kappa shape index (κ2) is 8.59. The molecule has 0 aromatic rings. The molecule has 0 aromatic carbocycles. The molecule has 0 spiro atoms. The number of halogens is 2. The summed E-state index contributed by atoms with van der Waals surface area (Å²) in [5.74, 6) is 1.24. The van der Waals surface area contributed by atoms with Gasteiger partial charge in [-0.3, -0.25) is 0 Å². The van der Waals surface area contributed by atoms with Crippen molar-refractivity contribution >= 4 is 29.2 Å². The number of rotatable bonds is 6. The van der Waals surface area contributed by atoms with Gasteiger partial charge in [-0.05, 0) is 31.6 Å². The van der Waals surface area contributed by atoms with Gasteiger partial charge in [-0.25, -0.2) is 4.79 Å². The number of carbonyl (C=O) groups excluding carboxylic acids is 1. The van der Waals surface area contributed by atoms with Gasteiger partial charge >= 0.3 is 6.03 Å². The first-order chi connectivity index (χ1) is 9.13. The van der Waals surface area contributed by atoms with Crippen molar-refractivity contribution in [2.75, 3.05) is 24.8 Å². The fraction of sp³-hybridized carbons (Fsp3) is 0.917. The zero-order valence-electron chi connectivity index (χ0n) is 11.2. The van der Waals surface area contributed by atoms with E-state index in [-0.39, 0.29) is 24.5 Å². The van der Waals surface area contributed by atoms with E-state index in [0.717, 1.165) is 30.7 Å². The summed E-state index contributed by atoms with van der Waals surface area (Å²) in [5, 5.41) is 3.64. The van der Waals surface area contributed by atoms with Gasteiger partial charge in [0.15, 0.2) is 0 Å². The van der Waals surface area contributed by atoms with Crippen LogP contribution in [-0.4, -0.2) is 46.8 Å². The van der Waals surface area contributed by atoms with Crippen molar-refractivity contribution in [3.8, 4) is 0 Å². The number of alkyl halides is 2. The van der Waals surface area contributed by atoms with Gasteiger partial charge in [-0.2, -0.15) is 5.01 Å². The summed E-state index contributed by atoms with van der Waals surface area (Å²) in [7, 11) is 0. The van der Waals surface area contributed by atoms with Crippen LogP contribution >= 0.6 is 23.2 Å². The van der Waals surface area contributed by atoms with E-state index in [1.54, 1.807) is 4.90 Å². The number of amides is 2. The predicted octanol–water partition coefficient (Wildman–Crippen LogP) is 3.45. The molecule has 0 N–H and O–H groups in total. The van der Waals surface area contributed by atoms with E-state index < -0.39 is 0 Å². The van der Waals surface area contributed by atoms with E-state index in [4.69, 9.17) is 23.2 Å². The average molecular weight is 310 g/mol. The topological polar surface area (TPSA) is 53.0 Å². The van der Waals surface area contributed by atoms with E-state index in [1.807, 2.05) is 0 Å². The Labute approximate surface area is 124 Å². The highest BCUT2D eigenvalue weighted by molar-refractivity contribution is 6.18. The fourth-order valence-electron chi connectivity index (χ4n) is 2.48. The maximum atomic E-state index is 12.3. The number of nitrogens with zero attached hydrogens (tertiary/aromatic N) is 3. The van der Waals surface area contributed by atoms with Crippen molar-refractivity contribution in [3.05, 3.63) is 4.91 Å². The van der Waals surface area contributed by atoms with Gasteiger partial charge in [-0.1, -0.05) is 6.92 Å². The lowest BCUT2D eigenvalue weighted by atomic mass is 9.86. The second-order valence-corrected chi connectivity index (χ2v) is 5.73. The molecule has 0 radical (unpaired) electrons. The van der Waals surface area contributed by atoms with Crippen molar-refractivity contribution in [1.82, 2.24) is 9.91 Å². The van der Waals surface area contributed by atoms with E-state index >= 15 is 0 Å². The first-order valence-corrected chi connectivity index (χ1v) is 7.74. The van der Waals surface area contributed by atoms with Crippen LogP contribution in [0.4, 0.5) is 4.79 Å². The Kier molecular flexibility index (Phi) is 7.46.